The van der Waals surface area contributed by atoms with Gasteiger partial charge in [-0.05, 0) is 42.0 Å². The smallest absolute Gasteiger partial charge is 0.408 e. The highest BCUT2D eigenvalue weighted by Gasteiger charge is 2.28. The minimum absolute atomic E-state index is 0.0485. The van der Waals surface area contributed by atoms with Crippen LogP contribution < -0.4 is 5.32 Å². The molecule has 174 valence electrons. The number of amides is 1. The Morgan fingerprint density at radius 3 is 2.26 bits per heavy atom. The highest BCUT2D eigenvalue weighted by Crippen LogP contribution is 2.14. The van der Waals surface area contributed by atoms with Crippen LogP contribution in [0.2, 0.25) is 0 Å². The molecule has 0 aromatic rings. The number of carbonyl (C=O) groups excluding carboxylic acids is 4. The zero-order valence-corrected chi connectivity index (χ0v) is 20.9. The monoisotopic (exact) mass is 569 g/mol. The summed E-state index contributed by atoms with van der Waals surface area (Å²) in [5, 5.41) is 2.31. The molecule has 2 atom stereocenters. The van der Waals surface area contributed by atoms with Crippen LogP contribution in [-0.4, -0.2) is 69.0 Å². The van der Waals surface area contributed by atoms with Crippen LogP contribution in [0.3, 0.4) is 0 Å². The van der Waals surface area contributed by atoms with Gasteiger partial charge in [0.15, 0.2) is 0 Å². The van der Waals surface area contributed by atoms with Gasteiger partial charge in [0.2, 0.25) is 6.10 Å². The Hall–Kier alpha value is -2.02. The molecule has 11 heteroatoms. The average Bonchev–Trinajstić information content (AvgIpc) is 2.77. The van der Waals surface area contributed by atoms with E-state index in [9.17, 15) is 19.2 Å². The molecule has 0 aliphatic heterocycles. The van der Waals surface area contributed by atoms with Gasteiger partial charge in [-0.3, -0.25) is 4.79 Å². The molecular weight excluding hydrogens is 541 g/mol. The second-order valence-electron chi connectivity index (χ2n) is 6.04. The van der Waals surface area contributed by atoms with E-state index in [0.29, 0.717) is 5.75 Å². The highest BCUT2D eigenvalue weighted by atomic mass is 127. The van der Waals surface area contributed by atoms with Crippen molar-refractivity contribution in [2.24, 2.45) is 0 Å². The van der Waals surface area contributed by atoms with Crippen LogP contribution in [0.5, 0.6) is 0 Å². The number of nitrogens with one attached hydrogen (secondary N) is 1. The molecule has 1 N–H and O–H groups in total. The van der Waals surface area contributed by atoms with Gasteiger partial charge >= 0.3 is 24.0 Å². The minimum atomic E-state index is -1.18. The molecule has 0 aromatic carbocycles. The summed E-state index contributed by atoms with van der Waals surface area (Å²) in [5.41, 5.74) is 1.04. The number of thioether (sulfide) groups is 1. The fourth-order valence-electron chi connectivity index (χ4n) is 2.01. The van der Waals surface area contributed by atoms with Gasteiger partial charge in [0, 0.05) is 21.5 Å². The van der Waals surface area contributed by atoms with Crippen molar-refractivity contribution in [1.29, 1.82) is 0 Å². The van der Waals surface area contributed by atoms with E-state index in [4.69, 9.17) is 4.74 Å². The maximum absolute atomic E-state index is 12.2. The summed E-state index contributed by atoms with van der Waals surface area (Å²) in [6, 6.07) is -1.13. The lowest BCUT2D eigenvalue weighted by atomic mass is 10.1. The van der Waals surface area contributed by atoms with Crippen molar-refractivity contribution in [1.82, 2.24) is 5.32 Å². The van der Waals surface area contributed by atoms with Crippen molar-refractivity contribution in [2.75, 3.05) is 32.8 Å². The molecule has 31 heavy (non-hydrogen) atoms. The average molecular weight is 569 g/mol. The number of halogens is 1. The molecule has 0 fully saturated rings. The van der Waals surface area contributed by atoms with E-state index in [1.165, 1.54) is 26.0 Å². The van der Waals surface area contributed by atoms with Gasteiger partial charge in [-0.1, -0.05) is 24.3 Å². The van der Waals surface area contributed by atoms with Gasteiger partial charge in [-0.15, -0.1) is 0 Å². The van der Waals surface area contributed by atoms with Crippen LogP contribution in [0.4, 0.5) is 4.79 Å². The lowest BCUT2D eigenvalue weighted by Gasteiger charge is -2.19. The predicted octanol–water partition coefficient (Wildman–Crippen LogP) is 2.93. The topological polar surface area (TPSA) is 117 Å². The van der Waals surface area contributed by atoms with Gasteiger partial charge in [0.25, 0.3) is 0 Å². The normalized spacial score (nSPS) is 13.5. The Morgan fingerprint density at radius 1 is 1.06 bits per heavy atom. The first-order chi connectivity index (χ1) is 14.7. The van der Waals surface area contributed by atoms with Gasteiger partial charge in [0.1, 0.15) is 6.04 Å². The number of allylic oxidation sites excluding steroid dienone is 4. The number of hydrogen-bond donors (Lipinski definition) is 1. The lowest BCUT2D eigenvalue weighted by Crippen LogP contribution is -2.44. The summed E-state index contributed by atoms with van der Waals surface area (Å²) in [4.78, 5) is 47.3. The third-order valence-electron chi connectivity index (χ3n) is 3.68. The molecule has 0 heterocycles. The van der Waals surface area contributed by atoms with E-state index in [-0.39, 0.29) is 18.6 Å². The van der Waals surface area contributed by atoms with Crippen LogP contribution in [0.1, 0.15) is 19.8 Å². The molecule has 0 aromatic heterocycles. The number of methoxy groups -OCH3 is 3. The molecule has 9 nitrogen and oxygen atoms in total. The molecule has 0 bridgehead atoms. The first-order valence-corrected chi connectivity index (χ1v) is 11.3. The van der Waals surface area contributed by atoms with Gasteiger partial charge in [-0.2, -0.15) is 11.8 Å². The first-order valence-electron chi connectivity index (χ1n) is 9.11. The van der Waals surface area contributed by atoms with Crippen molar-refractivity contribution >= 4 is 58.4 Å². The third kappa shape index (κ3) is 13.1. The Bertz CT molecular complexity index is 707. The predicted molar refractivity (Wildman–Crippen MR) is 126 cm³/mol. The summed E-state index contributed by atoms with van der Waals surface area (Å²) in [7, 11) is 3.54. The molecular formula is C20H28INO8S. The summed E-state index contributed by atoms with van der Waals surface area (Å²) < 4.78 is 20.0. The van der Waals surface area contributed by atoms with E-state index >= 15 is 0 Å². The molecule has 1 amide bonds. The second-order valence-corrected chi connectivity index (χ2v) is 8.31. The van der Waals surface area contributed by atoms with Crippen molar-refractivity contribution < 1.29 is 38.1 Å². The second kappa shape index (κ2) is 16.6. The molecule has 0 aliphatic rings. The van der Waals surface area contributed by atoms with Crippen LogP contribution in [0.15, 0.2) is 34.0 Å². The molecule has 0 saturated heterocycles. The minimum Gasteiger partial charge on any atom is -0.469 e. The molecule has 0 aliphatic carbocycles. The Kier molecular flexibility index (Phi) is 15.6. The number of rotatable bonds is 13. The van der Waals surface area contributed by atoms with E-state index in [2.05, 4.69) is 48.7 Å². The maximum atomic E-state index is 12.2. The van der Waals surface area contributed by atoms with Gasteiger partial charge in [-0.25, -0.2) is 14.4 Å². The number of carbonyl (C=O) groups is 4. The molecule has 0 rings (SSSR count). The van der Waals surface area contributed by atoms with Crippen molar-refractivity contribution in [3.63, 3.8) is 0 Å². The Balaban J connectivity index is 4.91. The van der Waals surface area contributed by atoms with Gasteiger partial charge < -0.3 is 24.3 Å². The number of alkyl carbamates (subject to hydrolysis) is 1. The lowest BCUT2D eigenvalue weighted by molar-refractivity contribution is -0.149. The zero-order valence-electron chi connectivity index (χ0n) is 18.0. The molecule has 0 spiro atoms. The van der Waals surface area contributed by atoms with Gasteiger partial charge in [0.05, 0.1) is 21.3 Å². The standard InChI is InChI=1S/C20H28INO8S/c1-6-14(21)8-7-13(2)11-31-12-16(19(25)29-5)30-20(26)22-15(18(24)28-4)9-10-17(23)27-3/h6-8,15-16H,1,9-12H2,2-5H3,(H,22,26)/b13-7+,14-8+/t15-,16-/m0/s1. The largest absolute Gasteiger partial charge is 0.469 e. The maximum Gasteiger partial charge on any atom is 0.408 e. The SMILES string of the molecule is C=C/C(I)=C\C=C(/C)CSC[C@H](OC(=O)N[C@@H](CCC(=O)OC)C(=O)OC)C(=O)OC. The van der Waals surface area contributed by atoms with Crippen molar-refractivity contribution in [3.05, 3.63) is 34.0 Å². The fraction of sp³-hybridized carbons (Fsp3) is 0.500. The molecule has 0 radical (unpaired) electrons. The summed E-state index contributed by atoms with van der Waals surface area (Å²) >= 11 is 3.53. The van der Waals surface area contributed by atoms with E-state index < -0.39 is 36.1 Å². The Morgan fingerprint density at radius 2 is 1.71 bits per heavy atom. The molecule has 0 unspecified atom stereocenters. The number of hydrogen-bond acceptors (Lipinski definition) is 9. The van der Waals surface area contributed by atoms with Crippen LogP contribution in [0.25, 0.3) is 0 Å². The first kappa shape index (κ1) is 29.0. The van der Waals surface area contributed by atoms with E-state index in [0.717, 1.165) is 16.3 Å². The third-order valence-corrected chi connectivity index (χ3v) is 5.67. The fourth-order valence-corrected chi connectivity index (χ4v) is 3.14. The van der Waals surface area contributed by atoms with Crippen LogP contribution in [0, 0.1) is 0 Å². The quantitative estimate of drug-likeness (QED) is 0.155. The Labute approximate surface area is 200 Å². The number of ether oxygens (including phenoxy) is 4. The van der Waals surface area contributed by atoms with Crippen LogP contribution in [-0.2, 0) is 33.3 Å². The number of esters is 3. The van der Waals surface area contributed by atoms with Crippen molar-refractivity contribution in [3.8, 4) is 0 Å². The molecule has 0 saturated carbocycles. The zero-order chi connectivity index (χ0) is 23.8. The van der Waals surface area contributed by atoms with Crippen molar-refractivity contribution in [2.45, 2.75) is 31.9 Å². The van der Waals surface area contributed by atoms with Crippen LogP contribution >= 0.6 is 34.4 Å². The summed E-state index contributed by atoms with van der Waals surface area (Å²) in [5.74, 6) is -1.28. The summed E-state index contributed by atoms with van der Waals surface area (Å²) in [6.07, 6.45) is 3.22. The van der Waals surface area contributed by atoms with E-state index in [1.807, 2.05) is 19.1 Å². The highest BCUT2D eigenvalue weighted by molar-refractivity contribution is 14.1. The summed E-state index contributed by atoms with van der Waals surface area (Å²) in [6.45, 7) is 5.60. The van der Waals surface area contributed by atoms with E-state index in [1.54, 1.807) is 6.08 Å².